The number of nitrogen functional groups attached to an aromatic ring is 1. The average molecular weight is 538 g/mol. The van der Waals surface area contributed by atoms with E-state index in [1.54, 1.807) is 42.6 Å². The van der Waals surface area contributed by atoms with E-state index in [0.29, 0.717) is 39.0 Å². The number of nitrogens with one attached hydrogen (secondary N) is 1. The van der Waals surface area contributed by atoms with E-state index in [9.17, 15) is 9.59 Å². The average Bonchev–Trinajstić information content (AvgIpc) is 2.89. The minimum absolute atomic E-state index is 0.204. The van der Waals surface area contributed by atoms with Gasteiger partial charge in [-0.2, -0.15) is 0 Å². The molecule has 0 radical (unpaired) electrons. The molecule has 0 saturated carbocycles. The first-order valence-electron chi connectivity index (χ1n) is 10.9. The summed E-state index contributed by atoms with van der Waals surface area (Å²) in [6.07, 6.45) is 2.94. The van der Waals surface area contributed by atoms with Crippen molar-refractivity contribution in [3.05, 3.63) is 105 Å². The van der Waals surface area contributed by atoms with E-state index >= 15 is 0 Å². The SMILES string of the molecule is Nc1ncnc2nc(-c3ccc(-n4c(=O)[nH]c5ccccc5c4=O)nc3)cc(-c3cccc(Br)c3)c12. The molecule has 36 heavy (non-hydrogen) atoms. The van der Waals surface area contributed by atoms with Crippen molar-refractivity contribution in [3.63, 3.8) is 0 Å². The van der Waals surface area contributed by atoms with E-state index < -0.39 is 11.2 Å². The van der Waals surface area contributed by atoms with Crippen molar-refractivity contribution in [3.8, 4) is 28.2 Å². The number of pyridine rings is 2. The molecule has 0 atom stereocenters. The number of aromatic nitrogens is 6. The molecule has 0 aliphatic rings. The molecule has 0 bridgehead atoms. The lowest BCUT2D eigenvalue weighted by molar-refractivity contribution is 0.868. The quantitative estimate of drug-likeness (QED) is 0.347. The minimum atomic E-state index is -0.563. The standard InChI is InChI=1S/C26H16BrN7O2/c27-16-5-3-4-14(10-16)18-11-20(32-24-22(18)23(28)30-13-31-24)15-8-9-21(29-12-15)34-25(35)17-6-1-2-7-19(17)33-26(34)36/h1-13H,(H,33,36)(H2,28,30,31,32). The molecule has 0 fully saturated rings. The van der Waals surface area contributed by atoms with Crippen LogP contribution in [0.15, 0.2) is 93.3 Å². The van der Waals surface area contributed by atoms with Crippen LogP contribution in [0.1, 0.15) is 0 Å². The van der Waals surface area contributed by atoms with Gasteiger partial charge in [0, 0.05) is 16.2 Å². The number of rotatable bonds is 3. The molecule has 3 N–H and O–H groups in total. The van der Waals surface area contributed by atoms with Gasteiger partial charge in [0.25, 0.3) is 5.56 Å². The van der Waals surface area contributed by atoms with Crippen molar-refractivity contribution >= 4 is 43.7 Å². The van der Waals surface area contributed by atoms with Crippen molar-refractivity contribution in [1.29, 1.82) is 0 Å². The normalized spacial score (nSPS) is 11.2. The van der Waals surface area contributed by atoms with Gasteiger partial charge in [0.1, 0.15) is 18.0 Å². The van der Waals surface area contributed by atoms with E-state index in [-0.39, 0.29) is 5.82 Å². The Morgan fingerprint density at radius 2 is 1.75 bits per heavy atom. The Bertz CT molecular complexity index is 1910. The second-order valence-corrected chi connectivity index (χ2v) is 8.96. The number of hydrogen-bond donors (Lipinski definition) is 2. The topological polar surface area (TPSA) is 132 Å². The second kappa shape index (κ2) is 8.51. The Kier molecular flexibility index (Phi) is 5.15. The summed E-state index contributed by atoms with van der Waals surface area (Å²) >= 11 is 3.52. The van der Waals surface area contributed by atoms with Gasteiger partial charge in [-0.25, -0.2) is 29.3 Å². The van der Waals surface area contributed by atoms with Crippen molar-refractivity contribution in [1.82, 2.24) is 29.5 Å². The fourth-order valence-electron chi connectivity index (χ4n) is 4.16. The number of hydrogen-bond acceptors (Lipinski definition) is 7. The van der Waals surface area contributed by atoms with Gasteiger partial charge in [-0.15, -0.1) is 0 Å². The first-order valence-corrected chi connectivity index (χ1v) is 11.7. The maximum atomic E-state index is 13.0. The van der Waals surface area contributed by atoms with Crippen LogP contribution in [-0.4, -0.2) is 29.5 Å². The van der Waals surface area contributed by atoms with Gasteiger partial charge in [0.15, 0.2) is 5.65 Å². The van der Waals surface area contributed by atoms with Gasteiger partial charge in [-0.3, -0.25) is 4.79 Å². The highest BCUT2D eigenvalue weighted by atomic mass is 79.9. The molecule has 0 aliphatic heterocycles. The van der Waals surface area contributed by atoms with Crippen LogP contribution in [0.4, 0.5) is 5.82 Å². The van der Waals surface area contributed by atoms with Gasteiger partial charge >= 0.3 is 5.69 Å². The molecule has 6 aromatic rings. The molecule has 4 heterocycles. The molecule has 4 aromatic heterocycles. The molecule has 2 aromatic carbocycles. The fourth-order valence-corrected chi connectivity index (χ4v) is 4.56. The monoisotopic (exact) mass is 537 g/mol. The number of benzene rings is 2. The summed E-state index contributed by atoms with van der Waals surface area (Å²) in [7, 11) is 0. The zero-order valence-electron chi connectivity index (χ0n) is 18.5. The maximum absolute atomic E-state index is 13.0. The fraction of sp³-hybridized carbons (Fsp3) is 0. The predicted molar refractivity (Wildman–Crippen MR) is 142 cm³/mol. The van der Waals surface area contributed by atoms with E-state index in [1.807, 2.05) is 30.3 Å². The smallest absolute Gasteiger partial charge is 0.334 e. The van der Waals surface area contributed by atoms with Crippen molar-refractivity contribution in [2.24, 2.45) is 0 Å². The third kappa shape index (κ3) is 3.64. The second-order valence-electron chi connectivity index (χ2n) is 8.04. The number of nitrogens with two attached hydrogens (primary N) is 1. The third-order valence-electron chi connectivity index (χ3n) is 5.85. The van der Waals surface area contributed by atoms with Crippen LogP contribution in [0, 0.1) is 0 Å². The van der Waals surface area contributed by atoms with E-state index in [4.69, 9.17) is 5.73 Å². The number of aromatic amines is 1. The molecule has 10 heteroatoms. The summed E-state index contributed by atoms with van der Waals surface area (Å²) in [4.78, 5) is 45.9. The zero-order valence-corrected chi connectivity index (χ0v) is 20.1. The van der Waals surface area contributed by atoms with Gasteiger partial charge < -0.3 is 10.7 Å². The number of halogens is 1. The molecular formula is C26H16BrN7O2. The Morgan fingerprint density at radius 1 is 0.889 bits per heavy atom. The summed E-state index contributed by atoms with van der Waals surface area (Å²) in [6.45, 7) is 0. The van der Waals surface area contributed by atoms with Crippen LogP contribution < -0.4 is 17.0 Å². The lowest BCUT2D eigenvalue weighted by atomic mass is 10.0. The highest BCUT2D eigenvalue weighted by Gasteiger charge is 2.15. The van der Waals surface area contributed by atoms with Crippen molar-refractivity contribution in [2.45, 2.75) is 0 Å². The Hall–Kier alpha value is -4.70. The van der Waals surface area contributed by atoms with E-state index in [0.717, 1.165) is 20.2 Å². The minimum Gasteiger partial charge on any atom is -0.383 e. The number of para-hydroxylation sites is 1. The van der Waals surface area contributed by atoms with Crippen molar-refractivity contribution in [2.75, 3.05) is 5.73 Å². The molecule has 0 unspecified atom stereocenters. The number of fused-ring (bicyclic) bond motifs is 2. The molecule has 0 spiro atoms. The summed E-state index contributed by atoms with van der Waals surface area (Å²) in [5.74, 6) is 0.535. The molecular weight excluding hydrogens is 522 g/mol. The molecule has 0 saturated heterocycles. The first-order chi connectivity index (χ1) is 17.5. The largest absolute Gasteiger partial charge is 0.383 e. The molecule has 9 nitrogen and oxygen atoms in total. The molecule has 174 valence electrons. The van der Waals surface area contributed by atoms with Crippen LogP contribution in [0.3, 0.4) is 0 Å². The number of anilines is 1. The number of nitrogens with zero attached hydrogens (tertiary/aromatic N) is 5. The van der Waals surface area contributed by atoms with Gasteiger partial charge in [-0.1, -0.05) is 40.2 Å². The summed E-state index contributed by atoms with van der Waals surface area (Å²) in [6, 6.07) is 19.9. The van der Waals surface area contributed by atoms with Crippen LogP contribution in [0.5, 0.6) is 0 Å². The van der Waals surface area contributed by atoms with Crippen LogP contribution in [0.2, 0.25) is 0 Å². The summed E-state index contributed by atoms with van der Waals surface area (Å²) < 4.78 is 1.93. The Morgan fingerprint density at radius 3 is 2.56 bits per heavy atom. The predicted octanol–water partition coefficient (Wildman–Crippen LogP) is 4.09. The Balaban J connectivity index is 1.50. The summed E-state index contributed by atoms with van der Waals surface area (Å²) in [5, 5.41) is 1.05. The lowest BCUT2D eigenvalue weighted by Crippen LogP contribution is -2.34. The maximum Gasteiger partial charge on any atom is 0.334 e. The van der Waals surface area contributed by atoms with E-state index in [1.165, 1.54) is 6.33 Å². The third-order valence-corrected chi connectivity index (χ3v) is 6.34. The Labute approximate surface area is 211 Å². The van der Waals surface area contributed by atoms with Gasteiger partial charge in [-0.05, 0) is 53.6 Å². The van der Waals surface area contributed by atoms with Crippen LogP contribution in [0.25, 0.3) is 50.1 Å². The summed E-state index contributed by atoms with van der Waals surface area (Å²) in [5.41, 5.74) is 9.13. The van der Waals surface area contributed by atoms with Gasteiger partial charge in [0.05, 0.1) is 22.0 Å². The molecule has 6 rings (SSSR count). The highest BCUT2D eigenvalue weighted by molar-refractivity contribution is 9.10. The van der Waals surface area contributed by atoms with Crippen LogP contribution >= 0.6 is 15.9 Å². The zero-order chi connectivity index (χ0) is 24.8. The lowest BCUT2D eigenvalue weighted by Gasteiger charge is -2.12. The van der Waals surface area contributed by atoms with Crippen LogP contribution in [-0.2, 0) is 0 Å². The number of H-pyrrole nitrogens is 1. The van der Waals surface area contributed by atoms with Crippen molar-refractivity contribution < 1.29 is 0 Å². The first kappa shape index (κ1) is 21.8. The van der Waals surface area contributed by atoms with Gasteiger partial charge in [0.2, 0.25) is 0 Å². The molecule has 0 amide bonds. The van der Waals surface area contributed by atoms with E-state index in [2.05, 4.69) is 40.8 Å². The molecule has 0 aliphatic carbocycles. The highest BCUT2D eigenvalue weighted by Crippen LogP contribution is 2.34.